The maximum atomic E-state index is 5.85. The van der Waals surface area contributed by atoms with Crippen LogP contribution >= 0.6 is 0 Å². The molecule has 1 aromatic carbocycles. The molecule has 1 fully saturated rings. The number of nitrogens with two attached hydrogens (primary N) is 1. The second-order valence-corrected chi connectivity index (χ2v) is 5.42. The van der Waals surface area contributed by atoms with Gasteiger partial charge in [-0.25, -0.2) is 0 Å². The molecule has 0 unspecified atom stereocenters. The van der Waals surface area contributed by atoms with Crippen molar-refractivity contribution >= 4 is 5.69 Å². The molecule has 112 valence electrons. The molecule has 0 amide bonds. The minimum Gasteiger partial charge on any atom is -0.491 e. The highest BCUT2D eigenvalue weighted by Crippen LogP contribution is 2.19. The maximum absolute atomic E-state index is 5.85. The van der Waals surface area contributed by atoms with Crippen molar-refractivity contribution in [1.82, 2.24) is 9.80 Å². The molecule has 0 radical (unpaired) electrons. The van der Waals surface area contributed by atoms with Crippen LogP contribution in [0, 0.1) is 0 Å². The first-order valence-electron chi connectivity index (χ1n) is 7.71. The zero-order chi connectivity index (χ0) is 14.2. The lowest BCUT2D eigenvalue weighted by Gasteiger charge is -2.34. The van der Waals surface area contributed by atoms with E-state index in [0.29, 0.717) is 0 Å². The summed E-state index contributed by atoms with van der Waals surface area (Å²) in [4.78, 5) is 5.08. The third kappa shape index (κ3) is 4.69. The van der Waals surface area contributed by atoms with E-state index < -0.39 is 0 Å². The molecule has 1 aliphatic rings. The first kappa shape index (κ1) is 15.1. The van der Waals surface area contributed by atoms with Crippen LogP contribution < -0.4 is 10.5 Å². The predicted molar refractivity (Wildman–Crippen MR) is 84.1 cm³/mol. The van der Waals surface area contributed by atoms with E-state index in [1.54, 1.807) is 0 Å². The maximum Gasteiger partial charge on any atom is 0.142 e. The van der Waals surface area contributed by atoms with Crippen molar-refractivity contribution < 1.29 is 4.74 Å². The van der Waals surface area contributed by atoms with Gasteiger partial charge in [0, 0.05) is 32.7 Å². The Balaban J connectivity index is 1.59. The number of piperazine rings is 1. The fourth-order valence-electron chi connectivity index (χ4n) is 2.63. The van der Waals surface area contributed by atoms with Gasteiger partial charge in [0.05, 0.1) is 12.3 Å². The summed E-state index contributed by atoms with van der Waals surface area (Å²) in [7, 11) is 0. The summed E-state index contributed by atoms with van der Waals surface area (Å²) in [6.45, 7) is 10.1. The summed E-state index contributed by atoms with van der Waals surface area (Å²) < 4.78 is 5.73. The van der Waals surface area contributed by atoms with Crippen LogP contribution in [-0.2, 0) is 0 Å². The van der Waals surface area contributed by atoms with Gasteiger partial charge in [-0.2, -0.15) is 0 Å². The van der Waals surface area contributed by atoms with Gasteiger partial charge in [-0.1, -0.05) is 19.1 Å². The van der Waals surface area contributed by atoms with Gasteiger partial charge in [0.15, 0.2) is 0 Å². The van der Waals surface area contributed by atoms with E-state index in [4.69, 9.17) is 10.5 Å². The van der Waals surface area contributed by atoms with Crippen molar-refractivity contribution in [2.45, 2.75) is 19.8 Å². The number of rotatable bonds is 7. The van der Waals surface area contributed by atoms with Gasteiger partial charge in [0.25, 0.3) is 0 Å². The Kier molecular flexibility index (Phi) is 6.15. The van der Waals surface area contributed by atoms with Gasteiger partial charge in [0.1, 0.15) is 5.75 Å². The van der Waals surface area contributed by atoms with E-state index >= 15 is 0 Å². The lowest BCUT2D eigenvalue weighted by Crippen LogP contribution is -2.46. The molecule has 0 bridgehead atoms. The lowest BCUT2D eigenvalue weighted by atomic mass is 10.2. The number of ether oxygens (including phenoxy) is 1. The van der Waals surface area contributed by atoms with Crippen LogP contribution in [0.15, 0.2) is 24.3 Å². The molecule has 0 aliphatic carbocycles. The molecule has 2 N–H and O–H groups in total. The predicted octanol–water partition coefficient (Wildman–Crippen LogP) is 2.07. The number of hydrogen-bond donors (Lipinski definition) is 1. The number of nitrogen functional groups attached to an aromatic ring is 1. The van der Waals surface area contributed by atoms with E-state index in [9.17, 15) is 0 Å². The van der Waals surface area contributed by atoms with E-state index in [1.807, 2.05) is 24.3 Å². The average molecular weight is 277 g/mol. The van der Waals surface area contributed by atoms with E-state index in [-0.39, 0.29) is 0 Å². The Bertz CT molecular complexity index is 389. The van der Waals surface area contributed by atoms with Crippen LogP contribution in [0.5, 0.6) is 5.75 Å². The fourth-order valence-corrected chi connectivity index (χ4v) is 2.63. The standard InChI is InChI=1S/C16H27N3O/c1-2-8-18-10-12-19(13-11-18)9-5-14-20-16-7-4-3-6-15(16)17/h3-4,6-7H,2,5,8-14,17H2,1H3. The Morgan fingerprint density at radius 1 is 1.05 bits per heavy atom. The third-order valence-corrected chi connectivity index (χ3v) is 3.80. The Morgan fingerprint density at radius 3 is 2.35 bits per heavy atom. The van der Waals surface area contributed by atoms with Crippen LogP contribution in [0.3, 0.4) is 0 Å². The first-order valence-corrected chi connectivity index (χ1v) is 7.71. The van der Waals surface area contributed by atoms with Gasteiger partial charge in [0.2, 0.25) is 0 Å². The molecule has 1 aromatic rings. The Hall–Kier alpha value is -1.26. The summed E-state index contributed by atoms with van der Waals surface area (Å²) >= 11 is 0. The molecule has 4 heteroatoms. The highest BCUT2D eigenvalue weighted by atomic mass is 16.5. The number of nitrogens with zero attached hydrogens (tertiary/aromatic N) is 2. The number of anilines is 1. The third-order valence-electron chi connectivity index (χ3n) is 3.80. The van der Waals surface area contributed by atoms with Crippen molar-refractivity contribution in [2.75, 3.05) is 51.6 Å². The van der Waals surface area contributed by atoms with Gasteiger partial charge < -0.3 is 20.3 Å². The fraction of sp³-hybridized carbons (Fsp3) is 0.625. The zero-order valence-electron chi connectivity index (χ0n) is 12.6. The summed E-state index contributed by atoms with van der Waals surface area (Å²) in [6.07, 6.45) is 2.31. The summed E-state index contributed by atoms with van der Waals surface area (Å²) in [5.41, 5.74) is 6.57. The highest BCUT2D eigenvalue weighted by Gasteiger charge is 2.15. The molecule has 0 atom stereocenters. The van der Waals surface area contributed by atoms with Crippen molar-refractivity contribution in [3.63, 3.8) is 0 Å². The molecule has 0 spiro atoms. The quantitative estimate of drug-likeness (QED) is 0.612. The number of hydrogen-bond acceptors (Lipinski definition) is 4. The highest BCUT2D eigenvalue weighted by molar-refractivity contribution is 5.51. The lowest BCUT2D eigenvalue weighted by molar-refractivity contribution is 0.126. The van der Waals surface area contributed by atoms with Gasteiger partial charge >= 0.3 is 0 Å². The molecule has 20 heavy (non-hydrogen) atoms. The Morgan fingerprint density at radius 2 is 1.70 bits per heavy atom. The minimum absolute atomic E-state index is 0.723. The normalized spacial score (nSPS) is 17.2. The average Bonchev–Trinajstić information content (AvgIpc) is 2.47. The van der Waals surface area contributed by atoms with Crippen LogP contribution in [0.25, 0.3) is 0 Å². The number of para-hydroxylation sites is 2. The monoisotopic (exact) mass is 277 g/mol. The molecule has 1 saturated heterocycles. The van der Waals surface area contributed by atoms with Crippen LogP contribution in [0.4, 0.5) is 5.69 Å². The Labute approximate surface area is 122 Å². The van der Waals surface area contributed by atoms with Gasteiger partial charge in [-0.3, -0.25) is 0 Å². The van der Waals surface area contributed by atoms with Crippen molar-refractivity contribution in [1.29, 1.82) is 0 Å². The van der Waals surface area contributed by atoms with Crippen molar-refractivity contribution in [3.8, 4) is 5.75 Å². The first-order chi connectivity index (χ1) is 9.79. The van der Waals surface area contributed by atoms with Crippen molar-refractivity contribution in [3.05, 3.63) is 24.3 Å². The molecule has 4 nitrogen and oxygen atoms in total. The second-order valence-electron chi connectivity index (χ2n) is 5.42. The van der Waals surface area contributed by atoms with Crippen LogP contribution in [0.1, 0.15) is 19.8 Å². The summed E-state index contributed by atoms with van der Waals surface area (Å²) in [6, 6.07) is 7.69. The largest absolute Gasteiger partial charge is 0.491 e. The van der Waals surface area contributed by atoms with Gasteiger partial charge in [-0.15, -0.1) is 0 Å². The minimum atomic E-state index is 0.723. The SMILES string of the molecule is CCCN1CCN(CCCOc2ccccc2N)CC1. The molecule has 0 saturated carbocycles. The molecular weight excluding hydrogens is 250 g/mol. The van der Waals surface area contributed by atoms with E-state index in [2.05, 4.69) is 16.7 Å². The molecule has 2 rings (SSSR count). The van der Waals surface area contributed by atoms with Crippen LogP contribution in [0.2, 0.25) is 0 Å². The molecular formula is C16H27N3O. The second kappa shape index (κ2) is 8.12. The molecule has 0 aromatic heterocycles. The zero-order valence-corrected chi connectivity index (χ0v) is 12.6. The summed E-state index contributed by atoms with van der Waals surface area (Å²) in [5.74, 6) is 0.806. The molecule has 1 heterocycles. The topological polar surface area (TPSA) is 41.7 Å². The van der Waals surface area contributed by atoms with E-state index in [1.165, 1.54) is 39.1 Å². The smallest absolute Gasteiger partial charge is 0.142 e. The van der Waals surface area contributed by atoms with Gasteiger partial charge in [-0.05, 0) is 31.5 Å². The summed E-state index contributed by atoms with van der Waals surface area (Å²) in [5, 5.41) is 0. The molecule has 1 aliphatic heterocycles. The van der Waals surface area contributed by atoms with E-state index in [0.717, 1.165) is 31.0 Å². The van der Waals surface area contributed by atoms with Crippen LogP contribution in [-0.4, -0.2) is 55.7 Å². The van der Waals surface area contributed by atoms with Crippen molar-refractivity contribution in [2.24, 2.45) is 0 Å². The number of benzene rings is 1.